The molecule has 5 heteroatoms. The molecule has 2 rings (SSSR count). The third kappa shape index (κ3) is 1.71. The summed E-state index contributed by atoms with van der Waals surface area (Å²) < 4.78 is 0. The first-order chi connectivity index (χ1) is 7.59. The van der Waals surface area contributed by atoms with E-state index in [1.807, 2.05) is 6.92 Å². The van der Waals surface area contributed by atoms with Gasteiger partial charge in [-0.05, 0) is 19.1 Å². The maximum Gasteiger partial charge on any atom is 0.337 e. The number of carboxylic acids is 1. The highest BCUT2D eigenvalue weighted by Gasteiger charge is 2.29. The SMILES string of the molecule is CC1CC(=O)NN1c1ccccc1C(=O)O. The standard InChI is InChI=1S/C11H12N2O3/c1-7-6-10(14)12-13(7)9-5-3-2-4-8(9)11(15)16/h2-5,7H,6H2,1H3,(H,12,14)(H,15,16). The van der Waals surface area contributed by atoms with E-state index in [1.54, 1.807) is 23.2 Å². The monoisotopic (exact) mass is 220 g/mol. The molecule has 1 heterocycles. The molecule has 0 aliphatic carbocycles. The summed E-state index contributed by atoms with van der Waals surface area (Å²) >= 11 is 0. The van der Waals surface area contributed by atoms with E-state index >= 15 is 0 Å². The number of nitrogens with one attached hydrogen (secondary N) is 1. The number of hydrogen-bond donors (Lipinski definition) is 2. The quantitative estimate of drug-likeness (QED) is 0.780. The molecule has 1 atom stereocenters. The largest absolute Gasteiger partial charge is 0.478 e. The van der Waals surface area contributed by atoms with Gasteiger partial charge in [0, 0.05) is 0 Å². The molecule has 0 spiro atoms. The van der Waals surface area contributed by atoms with Gasteiger partial charge in [-0.2, -0.15) is 0 Å². The average Bonchev–Trinajstić information content (AvgIpc) is 2.57. The van der Waals surface area contributed by atoms with Gasteiger partial charge in [0.2, 0.25) is 5.91 Å². The van der Waals surface area contributed by atoms with Crippen LogP contribution in [0.2, 0.25) is 0 Å². The van der Waals surface area contributed by atoms with E-state index in [0.29, 0.717) is 12.1 Å². The second-order valence-electron chi connectivity index (χ2n) is 3.78. The summed E-state index contributed by atoms with van der Waals surface area (Å²) in [7, 11) is 0. The molecular weight excluding hydrogens is 208 g/mol. The van der Waals surface area contributed by atoms with E-state index in [1.165, 1.54) is 6.07 Å². The Kier molecular flexibility index (Phi) is 2.52. The van der Waals surface area contributed by atoms with Gasteiger partial charge in [0.1, 0.15) is 0 Å². The first-order valence-electron chi connectivity index (χ1n) is 5.00. The van der Waals surface area contributed by atoms with Crippen molar-refractivity contribution in [2.75, 3.05) is 5.01 Å². The van der Waals surface area contributed by atoms with Crippen LogP contribution >= 0.6 is 0 Å². The molecule has 0 bridgehead atoms. The van der Waals surface area contributed by atoms with Crippen LogP contribution in [0.15, 0.2) is 24.3 Å². The van der Waals surface area contributed by atoms with Crippen LogP contribution in [0, 0.1) is 0 Å². The van der Waals surface area contributed by atoms with Gasteiger partial charge in [0.15, 0.2) is 0 Å². The average molecular weight is 220 g/mol. The second-order valence-corrected chi connectivity index (χ2v) is 3.78. The highest BCUT2D eigenvalue weighted by molar-refractivity contribution is 5.95. The summed E-state index contributed by atoms with van der Waals surface area (Å²) in [6.45, 7) is 1.87. The van der Waals surface area contributed by atoms with Crippen LogP contribution in [0.4, 0.5) is 5.69 Å². The second kappa shape index (κ2) is 3.84. The van der Waals surface area contributed by atoms with Crippen molar-refractivity contribution < 1.29 is 14.7 Å². The van der Waals surface area contributed by atoms with Crippen molar-refractivity contribution in [1.29, 1.82) is 0 Å². The van der Waals surface area contributed by atoms with Crippen molar-refractivity contribution in [3.8, 4) is 0 Å². The summed E-state index contributed by atoms with van der Waals surface area (Å²) in [6.07, 6.45) is 0.383. The molecule has 1 aliphatic heterocycles. The van der Waals surface area contributed by atoms with E-state index in [0.717, 1.165) is 0 Å². The number of aromatic carboxylic acids is 1. The number of amides is 1. The maximum absolute atomic E-state index is 11.2. The van der Waals surface area contributed by atoms with Gasteiger partial charge in [-0.25, -0.2) is 4.79 Å². The number of carboxylic acid groups (broad SMARTS) is 1. The van der Waals surface area contributed by atoms with Gasteiger partial charge in [0.05, 0.1) is 23.7 Å². The minimum atomic E-state index is -0.996. The van der Waals surface area contributed by atoms with E-state index in [-0.39, 0.29) is 17.5 Å². The fourth-order valence-corrected chi connectivity index (χ4v) is 1.81. The number of nitrogens with zero attached hydrogens (tertiary/aromatic N) is 1. The Labute approximate surface area is 92.6 Å². The van der Waals surface area contributed by atoms with Gasteiger partial charge >= 0.3 is 5.97 Å². The Morgan fingerprint density at radius 2 is 2.19 bits per heavy atom. The summed E-state index contributed by atoms with van der Waals surface area (Å²) in [5, 5.41) is 10.6. The molecule has 5 nitrogen and oxygen atoms in total. The summed E-state index contributed by atoms with van der Waals surface area (Å²) in [5.74, 6) is -1.09. The Balaban J connectivity index is 2.40. The first kappa shape index (κ1) is 10.5. The van der Waals surface area contributed by atoms with Crippen molar-refractivity contribution in [3.05, 3.63) is 29.8 Å². The molecule has 0 radical (unpaired) electrons. The predicted molar refractivity (Wildman–Crippen MR) is 58.1 cm³/mol. The van der Waals surface area contributed by atoms with Gasteiger partial charge < -0.3 is 5.11 Å². The number of anilines is 1. The molecule has 1 saturated heterocycles. The molecular formula is C11H12N2O3. The van der Waals surface area contributed by atoms with Crippen molar-refractivity contribution in [2.24, 2.45) is 0 Å². The minimum absolute atomic E-state index is 0.0343. The lowest BCUT2D eigenvalue weighted by Gasteiger charge is -2.23. The molecule has 1 amide bonds. The van der Waals surface area contributed by atoms with Crippen LogP contribution in [0.3, 0.4) is 0 Å². The zero-order chi connectivity index (χ0) is 11.7. The van der Waals surface area contributed by atoms with Gasteiger partial charge in [-0.3, -0.25) is 15.2 Å². The van der Waals surface area contributed by atoms with Crippen LogP contribution in [0.25, 0.3) is 0 Å². The Morgan fingerprint density at radius 3 is 2.75 bits per heavy atom. The summed E-state index contributed by atoms with van der Waals surface area (Å²) in [5.41, 5.74) is 3.36. The number of rotatable bonds is 2. The van der Waals surface area contributed by atoms with Crippen LogP contribution in [-0.4, -0.2) is 23.0 Å². The molecule has 1 fully saturated rings. The smallest absolute Gasteiger partial charge is 0.337 e. The fraction of sp³-hybridized carbons (Fsp3) is 0.273. The summed E-state index contributed by atoms with van der Waals surface area (Å²) in [6, 6.07) is 6.59. The lowest BCUT2D eigenvalue weighted by molar-refractivity contribution is -0.119. The van der Waals surface area contributed by atoms with Crippen molar-refractivity contribution in [3.63, 3.8) is 0 Å². The third-order valence-electron chi connectivity index (χ3n) is 2.56. The molecule has 0 aromatic heterocycles. The number of hydrogen-bond acceptors (Lipinski definition) is 3. The summed E-state index contributed by atoms with van der Waals surface area (Å²) in [4.78, 5) is 22.2. The molecule has 1 aliphatic rings. The van der Waals surface area contributed by atoms with E-state index < -0.39 is 5.97 Å². The van der Waals surface area contributed by atoms with Crippen LogP contribution in [0.5, 0.6) is 0 Å². The van der Waals surface area contributed by atoms with Crippen molar-refractivity contribution in [2.45, 2.75) is 19.4 Å². The molecule has 84 valence electrons. The first-order valence-corrected chi connectivity index (χ1v) is 5.00. The predicted octanol–water partition coefficient (Wildman–Crippen LogP) is 1.01. The van der Waals surface area contributed by atoms with Crippen LogP contribution < -0.4 is 10.4 Å². The minimum Gasteiger partial charge on any atom is -0.478 e. The van der Waals surface area contributed by atoms with Crippen LogP contribution in [0.1, 0.15) is 23.7 Å². The van der Waals surface area contributed by atoms with Crippen molar-refractivity contribution >= 4 is 17.6 Å². The molecule has 1 aromatic rings. The fourth-order valence-electron chi connectivity index (χ4n) is 1.81. The topological polar surface area (TPSA) is 69.6 Å². The van der Waals surface area contributed by atoms with Crippen molar-refractivity contribution in [1.82, 2.24) is 5.43 Å². The molecule has 2 N–H and O–H groups in total. The number of carbonyl (C=O) groups is 2. The van der Waals surface area contributed by atoms with E-state index in [2.05, 4.69) is 5.43 Å². The van der Waals surface area contributed by atoms with Crippen LogP contribution in [-0.2, 0) is 4.79 Å². The highest BCUT2D eigenvalue weighted by atomic mass is 16.4. The third-order valence-corrected chi connectivity index (χ3v) is 2.56. The Hall–Kier alpha value is -2.04. The van der Waals surface area contributed by atoms with Gasteiger partial charge in [-0.15, -0.1) is 0 Å². The van der Waals surface area contributed by atoms with E-state index in [9.17, 15) is 9.59 Å². The van der Waals surface area contributed by atoms with Gasteiger partial charge in [0.25, 0.3) is 0 Å². The lowest BCUT2D eigenvalue weighted by Crippen LogP contribution is -2.38. The number of carbonyl (C=O) groups excluding carboxylic acids is 1. The molecule has 1 unspecified atom stereocenters. The highest BCUT2D eigenvalue weighted by Crippen LogP contribution is 2.24. The molecule has 16 heavy (non-hydrogen) atoms. The zero-order valence-corrected chi connectivity index (χ0v) is 8.80. The number of benzene rings is 1. The number of para-hydroxylation sites is 1. The van der Waals surface area contributed by atoms with Gasteiger partial charge in [-0.1, -0.05) is 12.1 Å². The Bertz CT molecular complexity index is 445. The molecule has 1 aromatic carbocycles. The Morgan fingerprint density at radius 1 is 1.50 bits per heavy atom. The molecule has 0 saturated carbocycles. The lowest BCUT2D eigenvalue weighted by atomic mass is 10.1. The zero-order valence-electron chi connectivity index (χ0n) is 8.80. The normalized spacial score (nSPS) is 19.7. The van der Waals surface area contributed by atoms with E-state index in [4.69, 9.17) is 5.11 Å². The number of hydrazine groups is 1. The maximum atomic E-state index is 11.2.